The van der Waals surface area contributed by atoms with E-state index in [-0.39, 0.29) is 24.0 Å². The average Bonchev–Trinajstić information content (AvgIpc) is 3.05. The van der Waals surface area contributed by atoms with E-state index in [0.717, 1.165) is 11.1 Å². The van der Waals surface area contributed by atoms with Gasteiger partial charge in [0.2, 0.25) is 11.8 Å². The van der Waals surface area contributed by atoms with E-state index in [4.69, 9.17) is 23.2 Å². The van der Waals surface area contributed by atoms with Crippen LogP contribution in [0, 0.1) is 13.8 Å². The van der Waals surface area contributed by atoms with Gasteiger partial charge in [-0.3, -0.25) is 9.59 Å². The first-order chi connectivity index (χ1) is 14.7. The minimum Gasteiger partial charge on any atom is -0.326 e. The molecule has 10 heteroatoms. The third-order valence-corrected chi connectivity index (χ3v) is 6.32. The van der Waals surface area contributed by atoms with Gasteiger partial charge >= 0.3 is 0 Å². The van der Waals surface area contributed by atoms with Gasteiger partial charge in [0.05, 0.1) is 12.2 Å². The standard InChI is InChI=1S/C21H21Cl2N5O2S/c1-12-4-6-14(8-16(12)22)24-19(29)10-18-26-27-21(28(18)3)31-11-20(30)25-15-7-5-13(2)17(23)9-15/h4-9H,10-11H2,1-3H3,(H,24,29)(H,25,30). The molecule has 2 N–H and O–H groups in total. The van der Waals surface area contributed by atoms with Gasteiger partial charge < -0.3 is 15.2 Å². The molecule has 162 valence electrons. The summed E-state index contributed by atoms with van der Waals surface area (Å²) in [5.41, 5.74) is 3.12. The molecule has 1 aromatic heterocycles. The lowest BCUT2D eigenvalue weighted by Gasteiger charge is -2.08. The molecule has 3 aromatic rings. The fourth-order valence-electron chi connectivity index (χ4n) is 2.64. The largest absolute Gasteiger partial charge is 0.326 e. The van der Waals surface area contributed by atoms with E-state index >= 15 is 0 Å². The summed E-state index contributed by atoms with van der Waals surface area (Å²) >= 11 is 13.4. The van der Waals surface area contributed by atoms with Crippen LogP contribution in [0.1, 0.15) is 17.0 Å². The molecule has 2 amide bonds. The Morgan fingerprint density at radius 1 is 0.935 bits per heavy atom. The monoisotopic (exact) mass is 477 g/mol. The number of hydrogen-bond acceptors (Lipinski definition) is 5. The minimum absolute atomic E-state index is 0.0453. The fraction of sp³-hybridized carbons (Fsp3) is 0.238. The highest BCUT2D eigenvalue weighted by molar-refractivity contribution is 7.99. The van der Waals surface area contributed by atoms with Crippen LogP contribution >= 0.6 is 35.0 Å². The van der Waals surface area contributed by atoms with Crippen LogP contribution in [0.3, 0.4) is 0 Å². The average molecular weight is 478 g/mol. The lowest BCUT2D eigenvalue weighted by molar-refractivity contribution is -0.116. The first kappa shape index (κ1) is 23.1. The van der Waals surface area contributed by atoms with Gasteiger partial charge in [0.25, 0.3) is 0 Å². The molecule has 0 aliphatic heterocycles. The predicted molar refractivity (Wildman–Crippen MR) is 125 cm³/mol. The Morgan fingerprint density at radius 3 is 2.03 bits per heavy atom. The number of aryl methyl sites for hydroxylation is 2. The Morgan fingerprint density at radius 2 is 1.48 bits per heavy atom. The van der Waals surface area contributed by atoms with E-state index < -0.39 is 0 Å². The fourth-order valence-corrected chi connectivity index (χ4v) is 3.73. The van der Waals surface area contributed by atoms with E-state index in [1.165, 1.54) is 11.8 Å². The van der Waals surface area contributed by atoms with Crippen LogP contribution in [0.2, 0.25) is 10.0 Å². The van der Waals surface area contributed by atoms with Crippen molar-refractivity contribution in [1.29, 1.82) is 0 Å². The number of nitrogens with zero attached hydrogens (tertiary/aromatic N) is 3. The highest BCUT2D eigenvalue weighted by Crippen LogP contribution is 2.22. The summed E-state index contributed by atoms with van der Waals surface area (Å²) < 4.78 is 1.70. The van der Waals surface area contributed by atoms with Crippen molar-refractivity contribution >= 4 is 58.2 Å². The second-order valence-corrected chi connectivity index (χ2v) is 8.70. The van der Waals surface area contributed by atoms with Crippen LogP contribution in [0.25, 0.3) is 0 Å². The highest BCUT2D eigenvalue weighted by atomic mass is 35.5. The van der Waals surface area contributed by atoms with Crippen molar-refractivity contribution in [3.8, 4) is 0 Å². The molecule has 0 aliphatic carbocycles. The zero-order valence-electron chi connectivity index (χ0n) is 17.2. The summed E-state index contributed by atoms with van der Waals surface area (Å²) in [7, 11) is 1.76. The van der Waals surface area contributed by atoms with Crippen molar-refractivity contribution in [1.82, 2.24) is 14.8 Å². The molecule has 0 bridgehead atoms. The van der Waals surface area contributed by atoms with Gasteiger partial charge in [-0.05, 0) is 49.2 Å². The van der Waals surface area contributed by atoms with Gasteiger partial charge in [-0.1, -0.05) is 47.1 Å². The summed E-state index contributed by atoms with van der Waals surface area (Å²) in [5, 5.41) is 15.5. The van der Waals surface area contributed by atoms with Crippen LogP contribution in [-0.2, 0) is 23.1 Å². The maximum absolute atomic E-state index is 12.3. The molecule has 7 nitrogen and oxygen atoms in total. The quantitative estimate of drug-likeness (QED) is 0.483. The van der Waals surface area contributed by atoms with Gasteiger partial charge in [-0.15, -0.1) is 10.2 Å². The van der Waals surface area contributed by atoms with Gasteiger partial charge in [-0.2, -0.15) is 0 Å². The molecule has 0 aliphatic rings. The second-order valence-electron chi connectivity index (χ2n) is 6.95. The van der Waals surface area contributed by atoms with Crippen molar-refractivity contribution in [2.75, 3.05) is 16.4 Å². The molecule has 0 saturated heterocycles. The minimum atomic E-state index is -0.235. The van der Waals surface area contributed by atoms with Crippen LogP contribution in [-0.4, -0.2) is 32.3 Å². The molecular weight excluding hydrogens is 457 g/mol. The van der Waals surface area contributed by atoms with Crippen LogP contribution in [0.15, 0.2) is 41.6 Å². The topological polar surface area (TPSA) is 88.9 Å². The van der Waals surface area contributed by atoms with Gasteiger partial charge in [0.1, 0.15) is 5.82 Å². The van der Waals surface area contributed by atoms with Crippen LogP contribution in [0.5, 0.6) is 0 Å². The number of nitrogens with one attached hydrogen (secondary N) is 2. The molecule has 2 aromatic carbocycles. The first-order valence-electron chi connectivity index (χ1n) is 9.36. The normalized spacial score (nSPS) is 10.7. The number of amides is 2. The third kappa shape index (κ3) is 6.22. The number of carbonyl (C=O) groups excluding carboxylic acids is 2. The number of benzene rings is 2. The Kier molecular flexibility index (Phi) is 7.59. The van der Waals surface area contributed by atoms with Gasteiger partial charge in [-0.25, -0.2) is 0 Å². The van der Waals surface area contributed by atoms with Crippen molar-refractivity contribution in [2.24, 2.45) is 7.05 Å². The number of aromatic nitrogens is 3. The molecule has 0 atom stereocenters. The highest BCUT2D eigenvalue weighted by Gasteiger charge is 2.15. The molecule has 0 unspecified atom stereocenters. The van der Waals surface area contributed by atoms with Crippen molar-refractivity contribution in [2.45, 2.75) is 25.4 Å². The summed E-state index contributed by atoms with van der Waals surface area (Å²) in [6.07, 6.45) is 0.0453. The van der Waals surface area contributed by atoms with Gasteiger partial charge in [0, 0.05) is 28.5 Å². The Balaban J connectivity index is 1.54. The molecule has 0 saturated carbocycles. The van der Waals surface area contributed by atoms with Crippen LogP contribution < -0.4 is 10.6 Å². The predicted octanol–water partition coefficient (Wildman–Crippen LogP) is 4.65. The number of halogens is 2. The zero-order valence-corrected chi connectivity index (χ0v) is 19.5. The van der Waals surface area contributed by atoms with E-state index in [1.54, 1.807) is 35.9 Å². The molecule has 3 rings (SSSR count). The summed E-state index contributed by atoms with van der Waals surface area (Å²) in [6.45, 7) is 3.79. The third-order valence-electron chi connectivity index (χ3n) is 4.49. The smallest absolute Gasteiger partial charge is 0.234 e. The van der Waals surface area contributed by atoms with Crippen molar-refractivity contribution in [3.05, 3.63) is 63.4 Å². The lowest BCUT2D eigenvalue weighted by atomic mass is 10.2. The molecule has 0 spiro atoms. The number of anilines is 2. The van der Waals surface area contributed by atoms with E-state index in [9.17, 15) is 9.59 Å². The molecule has 31 heavy (non-hydrogen) atoms. The second kappa shape index (κ2) is 10.2. The molecule has 0 radical (unpaired) electrons. The lowest BCUT2D eigenvalue weighted by Crippen LogP contribution is -2.17. The number of thioether (sulfide) groups is 1. The summed E-state index contributed by atoms with van der Waals surface area (Å²) in [6, 6.07) is 10.7. The molecule has 1 heterocycles. The molecule has 0 fully saturated rings. The zero-order chi connectivity index (χ0) is 22.5. The Labute approximate surface area is 194 Å². The summed E-state index contributed by atoms with van der Waals surface area (Å²) in [4.78, 5) is 24.6. The van der Waals surface area contributed by atoms with E-state index in [2.05, 4.69) is 20.8 Å². The van der Waals surface area contributed by atoms with Crippen molar-refractivity contribution < 1.29 is 9.59 Å². The van der Waals surface area contributed by atoms with Gasteiger partial charge in [0.15, 0.2) is 5.16 Å². The number of carbonyl (C=O) groups is 2. The summed E-state index contributed by atoms with van der Waals surface area (Å²) in [5.74, 6) is 0.208. The molecular formula is C21H21Cl2N5O2S. The van der Waals surface area contributed by atoms with E-state index in [0.29, 0.717) is 32.4 Å². The van der Waals surface area contributed by atoms with Crippen molar-refractivity contribution in [3.63, 3.8) is 0 Å². The SMILES string of the molecule is Cc1ccc(NC(=O)CSc2nnc(CC(=O)Nc3ccc(C)c(Cl)c3)n2C)cc1Cl. The number of hydrogen-bond donors (Lipinski definition) is 2. The van der Waals surface area contributed by atoms with E-state index in [1.807, 2.05) is 26.0 Å². The Bertz CT molecular complexity index is 1130. The first-order valence-corrected chi connectivity index (χ1v) is 11.1. The Hall–Kier alpha value is -2.55. The number of rotatable bonds is 7. The van der Waals surface area contributed by atoms with Crippen LogP contribution in [0.4, 0.5) is 11.4 Å². The maximum Gasteiger partial charge on any atom is 0.234 e. The maximum atomic E-state index is 12.3.